The summed E-state index contributed by atoms with van der Waals surface area (Å²) in [6.45, 7) is 6.59. The highest BCUT2D eigenvalue weighted by Crippen LogP contribution is 2.09. The van der Waals surface area contributed by atoms with Gasteiger partial charge >= 0.3 is 0 Å². The Morgan fingerprint density at radius 3 is 2.81 bits per heavy atom. The normalized spacial score (nSPS) is 23.8. The molecule has 0 saturated carbocycles. The Hall–Kier alpha value is 0.0569. The van der Waals surface area contributed by atoms with Crippen LogP contribution in [-0.4, -0.2) is 54.6 Å². The second-order valence-corrected chi connectivity index (χ2v) is 6.71. The van der Waals surface area contributed by atoms with Crippen molar-refractivity contribution in [1.29, 1.82) is 0 Å². The maximum atomic E-state index is 5.63. The van der Waals surface area contributed by atoms with Crippen molar-refractivity contribution in [2.24, 2.45) is 0 Å². The van der Waals surface area contributed by atoms with Crippen LogP contribution in [0.5, 0.6) is 0 Å². The van der Waals surface area contributed by atoms with E-state index in [1.54, 1.807) is 7.11 Å². The largest absolute Gasteiger partial charge is 0.379 e. The second kappa shape index (κ2) is 8.19. The molecule has 0 aromatic heterocycles. The molecule has 0 spiro atoms. The van der Waals surface area contributed by atoms with Crippen LogP contribution in [-0.2, 0) is 18.9 Å². The molecule has 0 amide bonds. The monoisotopic (exact) mass is 248 g/mol. The molecule has 1 aliphatic rings. The summed E-state index contributed by atoms with van der Waals surface area (Å²) < 4.78 is 21.2. The van der Waals surface area contributed by atoms with E-state index in [4.69, 9.17) is 18.9 Å². The molecule has 3 atom stereocenters. The molecule has 4 nitrogen and oxygen atoms in total. The van der Waals surface area contributed by atoms with Crippen molar-refractivity contribution in [2.75, 3.05) is 26.9 Å². The fraction of sp³-hybridized carbons (Fsp3) is 1.00. The maximum Gasteiger partial charge on any atom is 0.154 e. The Morgan fingerprint density at radius 1 is 1.44 bits per heavy atom. The number of rotatable bonds is 10. The van der Waals surface area contributed by atoms with Gasteiger partial charge in [0.05, 0.1) is 22.7 Å². The van der Waals surface area contributed by atoms with Crippen molar-refractivity contribution in [3.63, 3.8) is 0 Å². The molecule has 0 aromatic rings. The summed E-state index contributed by atoms with van der Waals surface area (Å²) in [5.41, 5.74) is 0.390. The van der Waals surface area contributed by atoms with Crippen LogP contribution >= 0.6 is 0 Å². The van der Waals surface area contributed by atoms with Crippen LogP contribution in [0.3, 0.4) is 0 Å². The standard InChI is InChI=1S/C11H24O4Si/c1-9(12-3)15-10(2)16-6-4-5-13-7-11-8-14-11/h9-11H,4-8,16H2,1-3H3. The zero-order valence-electron chi connectivity index (χ0n) is 10.6. The van der Waals surface area contributed by atoms with Crippen molar-refractivity contribution < 1.29 is 18.9 Å². The minimum Gasteiger partial charge on any atom is -0.379 e. The molecule has 0 aromatic carbocycles. The van der Waals surface area contributed by atoms with Crippen molar-refractivity contribution in [3.05, 3.63) is 0 Å². The van der Waals surface area contributed by atoms with E-state index in [9.17, 15) is 0 Å². The highest BCUT2D eigenvalue weighted by molar-refractivity contribution is 6.36. The number of hydrogen-bond acceptors (Lipinski definition) is 4. The van der Waals surface area contributed by atoms with Gasteiger partial charge in [0.15, 0.2) is 6.29 Å². The number of hydrogen-bond donors (Lipinski definition) is 0. The first-order valence-corrected chi connectivity index (χ1v) is 7.91. The van der Waals surface area contributed by atoms with E-state index >= 15 is 0 Å². The SMILES string of the molecule is COC(C)OC(C)[SiH2]CCCOCC1CO1. The minimum atomic E-state index is -0.162. The zero-order valence-corrected chi connectivity index (χ0v) is 12.0. The highest BCUT2D eigenvalue weighted by atomic mass is 28.2. The van der Waals surface area contributed by atoms with Crippen LogP contribution in [0.25, 0.3) is 0 Å². The summed E-state index contributed by atoms with van der Waals surface area (Å²) in [5.74, 6) is 0. The molecule has 1 heterocycles. The Labute approximate surface area is 100 Å². The van der Waals surface area contributed by atoms with E-state index in [2.05, 4.69) is 6.92 Å². The molecule has 0 radical (unpaired) electrons. The third kappa shape index (κ3) is 7.35. The Bertz CT molecular complexity index is 175. The lowest BCUT2D eigenvalue weighted by Gasteiger charge is -2.17. The molecule has 0 aliphatic carbocycles. The molecule has 1 saturated heterocycles. The minimum absolute atomic E-state index is 0.0780. The van der Waals surface area contributed by atoms with Gasteiger partial charge < -0.3 is 18.9 Å². The summed E-state index contributed by atoms with van der Waals surface area (Å²) >= 11 is 0. The summed E-state index contributed by atoms with van der Waals surface area (Å²) in [5, 5.41) is 0. The second-order valence-electron chi connectivity index (χ2n) is 4.28. The summed E-state index contributed by atoms with van der Waals surface area (Å²) in [7, 11) is 1.51. The maximum absolute atomic E-state index is 5.63. The third-order valence-electron chi connectivity index (χ3n) is 2.61. The highest BCUT2D eigenvalue weighted by Gasteiger charge is 2.21. The molecule has 1 aliphatic heterocycles. The van der Waals surface area contributed by atoms with E-state index in [0.717, 1.165) is 26.2 Å². The molecular formula is C11H24O4Si. The van der Waals surface area contributed by atoms with Gasteiger partial charge in [-0.05, 0) is 20.3 Å². The zero-order chi connectivity index (χ0) is 11.8. The lowest BCUT2D eigenvalue weighted by atomic mass is 10.5. The predicted octanol–water partition coefficient (Wildman–Crippen LogP) is 0.734. The third-order valence-corrected chi connectivity index (χ3v) is 4.53. The van der Waals surface area contributed by atoms with Gasteiger partial charge in [0, 0.05) is 19.4 Å². The topological polar surface area (TPSA) is 40.2 Å². The van der Waals surface area contributed by atoms with Crippen LogP contribution < -0.4 is 0 Å². The van der Waals surface area contributed by atoms with Crippen molar-refractivity contribution >= 4 is 9.52 Å². The predicted molar refractivity (Wildman–Crippen MR) is 65.5 cm³/mol. The van der Waals surface area contributed by atoms with Crippen LogP contribution in [0.1, 0.15) is 20.3 Å². The van der Waals surface area contributed by atoms with Gasteiger partial charge in [-0.15, -0.1) is 0 Å². The van der Waals surface area contributed by atoms with E-state index in [0.29, 0.717) is 11.8 Å². The summed E-state index contributed by atoms with van der Waals surface area (Å²) in [6, 6.07) is 1.27. The van der Waals surface area contributed by atoms with Crippen LogP contribution in [0.2, 0.25) is 6.04 Å². The van der Waals surface area contributed by atoms with Gasteiger partial charge in [-0.2, -0.15) is 0 Å². The lowest BCUT2D eigenvalue weighted by Crippen LogP contribution is -2.23. The molecule has 1 rings (SSSR count). The van der Waals surface area contributed by atoms with E-state index in [1.807, 2.05) is 6.92 Å². The molecule has 96 valence electrons. The number of methoxy groups -OCH3 is 1. The van der Waals surface area contributed by atoms with Crippen molar-refractivity contribution in [2.45, 2.75) is 44.4 Å². The summed E-state index contributed by atoms with van der Waals surface area (Å²) in [4.78, 5) is 0. The van der Waals surface area contributed by atoms with Gasteiger partial charge in [0.2, 0.25) is 0 Å². The summed E-state index contributed by atoms with van der Waals surface area (Å²) in [6.07, 6.45) is 1.46. The lowest BCUT2D eigenvalue weighted by molar-refractivity contribution is -0.119. The first kappa shape index (κ1) is 14.1. The first-order chi connectivity index (χ1) is 7.72. The fourth-order valence-electron chi connectivity index (χ4n) is 1.47. The number of ether oxygens (including phenoxy) is 4. The molecule has 5 heteroatoms. The molecule has 1 fully saturated rings. The molecule has 3 unspecified atom stereocenters. The van der Waals surface area contributed by atoms with Crippen LogP contribution in [0, 0.1) is 0 Å². The van der Waals surface area contributed by atoms with Crippen LogP contribution in [0.4, 0.5) is 0 Å². The quantitative estimate of drug-likeness (QED) is 0.247. The average molecular weight is 248 g/mol. The van der Waals surface area contributed by atoms with Gasteiger partial charge in [-0.25, -0.2) is 0 Å². The smallest absolute Gasteiger partial charge is 0.154 e. The fourth-order valence-corrected chi connectivity index (χ4v) is 2.94. The van der Waals surface area contributed by atoms with Gasteiger partial charge in [-0.1, -0.05) is 6.04 Å². The Kier molecular flexibility index (Phi) is 7.23. The van der Waals surface area contributed by atoms with E-state index in [-0.39, 0.29) is 15.8 Å². The Morgan fingerprint density at radius 2 is 2.19 bits per heavy atom. The number of epoxide rings is 1. The van der Waals surface area contributed by atoms with E-state index < -0.39 is 0 Å². The van der Waals surface area contributed by atoms with Gasteiger partial charge in [0.1, 0.15) is 6.10 Å². The average Bonchev–Trinajstić information content (AvgIpc) is 3.06. The molecule has 16 heavy (non-hydrogen) atoms. The van der Waals surface area contributed by atoms with Crippen molar-refractivity contribution in [3.8, 4) is 0 Å². The molecule has 0 N–H and O–H groups in total. The van der Waals surface area contributed by atoms with Crippen molar-refractivity contribution in [1.82, 2.24) is 0 Å². The molecular weight excluding hydrogens is 224 g/mol. The van der Waals surface area contributed by atoms with Crippen LogP contribution in [0.15, 0.2) is 0 Å². The molecule has 0 bridgehead atoms. The van der Waals surface area contributed by atoms with Gasteiger partial charge in [-0.3, -0.25) is 0 Å². The Balaban J connectivity index is 1.81. The van der Waals surface area contributed by atoms with Gasteiger partial charge in [0.25, 0.3) is 0 Å². The first-order valence-electron chi connectivity index (χ1n) is 6.10. The van der Waals surface area contributed by atoms with E-state index in [1.165, 1.54) is 6.04 Å².